The van der Waals surface area contributed by atoms with Crippen LogP contribution in [-0.4, -0.2) is 30.3 Å². The van der Waals surface area contributed by atoms with Gasteiger partial charge in [-0.3, -0.25) is 9.69 Å². The average molecular weight is 373 g/mol. The van der Waals surface area contributed by atoms with Gasteiger partial charge < -0.3 is 9.84 Å². The van der Waals surface area contributed by atoms with E-state index in [2.05, 4.69) is 11.3 Å². The molecule has 2 aliphatic carbocycles. The molecular weight excluding hydrogens is 349 g/mol. The molecule has 2 aliphatic rings. The van der Waals surface area contributed by atoms with Crippen molar-refractivity contribution in [1.29, 1.82) is 0 Å². The van der Waals surface area contributed by atoms with E-state index in [0.29, 0.717) is 17.4 Å². The maximum Gasteiger partial charge on any atom is 0.330 e. The van der Waals surface area contributed by atoms with E-state index < -0.39 is 18.0 Å². The molecule has 5 nitrogen and oxygen atoms in total. The minimum atomic E-state index is -1.25. The minimum Gasteiger partial charge on any atom is -0.466 e. The predicted molar refractivity (Wildman–Crippen MR) is 100 cm³/mol. The summed E-state index contributed by atoms with van der Waals surface area (Å²) in [6.45, 7) is 3.57. The number of benzene rings is 1. The Kier molecular flexibility index (Phi) is 5.75. The second-order valence-corrected chi connectivity index (χ2v) is 7.24. The van der Waals surface area contributed by atoms with Crippen LogP contribution in [0.4, 0.5) is 10.1 Å². The van der Waals surface area contributed by atoms with Crippen LogP contribution in [0.2, 0.25) is 0 Å². The van der Waals surface area contributed by atoms with Crippen LogP contribution in [0.3, 0.4) is 0 Å². The zero-order chi connectivity index (χ0) is 19.6. The molecule has 0 heterocycles. The zero-order valence-electron chi connectivity index (χ0n) is 15.3. The summed E-state index contributed by atoms with van der Waals surface area (Å²) in [4.78, 5) is 25.7. The van der Waals surface area contributed by atoms with Crippen molar-refractivity contribution >= 4 is 23.6 Å². The predicted octanol–water partition coefficient (Wildman–Crippen LogP) is 3.29. The molecular formula is C21H24FNO4. The summed E-state index contributed by atoms with van der Waals surface area (Å²) in [6, 6.07) is 4.00. The Morgan fingerprint density at radius 2 is 2.11 bits per heavy atom. The number of amides is 1. The van der Waals surface area contributed by atoms with Gasteiger partial charge in [-0.25, -0.2) is 9.18 Å². The number of hydrogen-bond donors (Lipinski definition) is 1. The first-order chi connectivity index (χ1) is 12.9. The van der Waals surface area contributed by atoms with E-state index in [1.54, 1.807) is 6.07 Å². The first-order valence-electron chi connectivity index (χ1n) is 9.13. The molecule has 1 N–H and O–H groups in total. The van der Waals surface area contributed by atoms with Gasteiger partial charge in [-0.05, 0) is 67.0 Å². The summed E-state index contributed by atoms with van der Waals surface area (Å²) in [6.07, 6.45) is 6.61. The molecule has 6 heteroatoms. The topological polar surface area (TPSA) is 66.8 Å². The van der Waals surface area contributed by atoms with E-state index in [1.807, 2.05) is 0 Å². The van der Waals surface area contributed by atoms with Gasteiger partial charge in [-0.15, -0.1) is 0 Å². The standard InChI is InChI=1S/C21H24FNO4/c1-3-19(24)23(21(26)18-11-13-4-6-15(18)8-13)17-10-14(9-16(22)12-17)5-7-20(25)27-2/h3,5,7,9-10,12-13,15,18-19,24H,1,4,6,8,11H2,2H3/b7-5+. The van der Waals surface area contributed by atoms with Crippen LogP contribution in [0, 0.1) is 23.6 Å². The lowest BCUT2D eigenvalue weighted by Crippen LogP contribution is -2.44. The Morgan fingerprint density at radius 3 is 2.70 bits per heavy atom. The Morgan fingerprint density at radius 1 is 1.33 bits per heavy atom. The molecule has 27 heavy (non-hydrogen) atoms. The summed E-state index contributed by atoms with van der Waals surface area (Å²) in [7, 11) is 1.25. The van der Waals surface area contributed by atoms with E-state index in [4.69, 9.17) is 0 Å². The molecule has 0 radical (unpaired) electrons. The molecule has 1 aromatic rings. The van der Waals surface area contributed by atoms with Crippen LogP contribution < -0.4 is 4.90 Å². The number of carbonyl (C=O) groups excluding carboxylic acids is 2. The summed E-state index contributed by atoms with van der Waals surface area (Å²) in [5.74, 6) is -0.605. The fraction of sp³-hybridized carbons (Fsp3) is 0.429. The van der Waals surface area contributed by atoms with Crippen molar-refractivity contribution in [3.63, 3.8) is 0 Å². The Bertz CT molecular complexity index is 775. The van der Waals surface area contributed by atoms with Crippen LogP contribution in [0.15, 0.2) is 36.9 Å². The van der Waals surface area contributed by atoms with Gasteiger partial charge >= 0.3 is 5.97 Å². The smallest absolute Gasteiger partial charge is 0.330 e. The maximum atomic E-state index is 14.2. The van der Waals surface area contributed by atoms with Crippen molar-refractivity contribution in [3.8, 4) is 0 Å². The van der Waals surface area contributed by atoms with Crippen LogP contribution >= 0.6 is 0 Å². The number of nitrogens with zero attached hydrogens (tertiary/aromatic N) is 1. The molecule has 0 saturated heterocycles. The summed E-state index contributed by atoms with van der Waals surface area (Å²) in [5, 5.41) is 10.4. The molecule has 3 rings (SSSR count). The molecule has 144 valence electrons. The normalized spacial score (nSPS) is 24.8. The molecule has 0 spiro atoms. The van der Waals surface area contributed by atoms with Gasteiger partial charge in [-0.1, -0.05) is 13.0 Å². The van der Waals surface area contributed by atoms with Crippen LogP contribution in [0.25, 0.3) is 6.08 Å². The Labute approximate surface area is 158 Å². The number of anilines is 1. The number of esters is 1. The quantitative estimate of drug-likeness (QED) is 0.360. The van der Waals surface area contributed by atoms with Crippen molar-refractivity contribution in [2.45, 2.75) is 31.9 Å². The molecule has 0 aliphatic heterocycles. The monoisotopic (exact) mass is 373 g/mol. The fourth-order valence-electron chi connectivity index (χ4n) is 4.31. The van der Waals surface area contributed by atoms with Gasteiger partial charge in [-0.2, -0.15) is 0 Å². The first-order valence-corrected chi connectivity index (χ1v) is 9.13. The highest BCUT2D eigenvalue weighted by molar-refractivity contribution is 5.96. The van der Waals surface area contributed by atoms with Gasteiger partial charge in [0.25, 0.3) is 0 Å². The van der Waals surface area contributed by atoms with Crippen molar-refractivity contribution in [2.24, 2.45) is 17.8 Å². The second kappa shape index (κ2) is 8.05. The lowest BCUT2D eigenvalue weighted by atomic mass is 9.87. The van der Waals surface area contributed by atoms with Crippen molar-refractivity contribution in [3.05, 3.63) is 48.3 Å². The highest BCUT2D eigenvalue weighted by atomic mass is 19.1. The number of halogens is 1. The average Bonchev–Trinajstić information content (AvgIpc) is 3.29. The summed E-state index contributed by atoms with van der Waals surface area (Å²) >= 11 is 0. The van der Waals surface area contributed by atoms with E-state index in [-0.39, 0.29) is 17.5 Å². The first kappa shape index (κ1) is 19.3. The number of rotatable bonds is 6. The van der Waals surface area contributed by atoms with E-state index in [9.17, 15) is 19.1 Å². The third kappa shape index (κ3) is 4.11. The van der Waals surface area contributed by atoms with Gasteiger partial charge in [0.1, 0.15) is 5.82 Å². The molecule has 4 unspecified atom stereocenters. The maximum absolute atomic E-state index is 14.2. The number of fused-ring (bicyclic) bond motifs is 2. The molecule has 1 amide bonds. The van der Waals surface area contributed by atoms with Crippen LogP contribution in [-0.2, 0) is 14.3 Å². The van der Waals surface area contributed by atoms with Crippen LogP contribution in [0.5, 0.6) is 0 Å². The van der Waals surface area contributed by atoms with E-state index >= 15 is 0 Å². The number of aliphatic hydroxyl groups is 1. The fourth-order valence-corrected chi connectivity index (χ4v) is 4.31. The molecule has 2 saturated carbocycles. The molecule has 2 fully saturated rings. The number of ether oxygens (including phenoxy) is 1. The van der Waals surface area contributed by atoms with Crippen molar-refractivity contribution in [1.82, 2.24) is 0 Å². The zero-order valence-corrected chi connectivity index (χ0v) is 15.3. The number of aliphatic hydroxyl groups excluding tert-OH is 1. The number of hydrogen-bond acceptors (Lipinski definition) is 4. The molecule has 1 aromatic carbocycles. The minimum absolute atomic E-state index is 0.157. The third-order valence-corrected chi connectivity index (χ3v) is 5.56. The lowest BCUT2D eigenvalue weighted by Gasteiger charge is -2.32. The SMILES string of the molecule is C=CC(O)N(C(=O)C1CC2CCC1C2)c1cc(F)cc(/C=C/C(=O)OC)c1. The van der Waals surface area contributed by atoms with E-state index in [1.165, 1.54) is 42.4 Å². The summed E-state index contributed by atoms with van der Waals surface area (Å²) in [5.41, 5.74) is 0.622. The number of methoxy groups -OCH3 is 1. The number of carbonyl (C=O) groups is 2. The van der Waals surface area contributed by atoms with Gasteiger partial charge in [0.15, 0.2) is 6.23 Å². The molecule has 0 aromatic heterocycles. The highest BCUT2D eigenvalue weighted by Crippen LogP contribution is 2.49. The van der Waals surface area contributed by atoms with Crippen LogP contribution in [0.1, 0.15) is 31.2 Å². The van der Waals surface area contributed by atoms with Gasteiger partial charge in [0.05, 0.1) is 12.8 Å². The second-order valence-electron chi connectivity index (χ2n) is 7.24. The molecule has 4 atom stereocenters. The molecule has 2 bridgehead atoms. The lowest BCUT2D eigenvalue weighted by molar-refractivity contribution is -0.134. The van der Waals surface area contributed by atoms with Gasteiger partial charge in [0, 0.05) is 12.0 Å². The van der Waals surface area contributed by atoms with Gasteiger partial charge in [0.2, 0.25) is 5.91 Å². The van der Waals surface area contributed by atoms with Crippen molar-refractivity contribution in [2.75, 3.05) is 12.0 Å². The highest BCUT2D eigenvalue weighted by Gasteiger charge is 2.45. The Hall–Kier alpha value is -2.47. The third-order valence-electron chi connectivity index (χ3n) is 5.56. The Balaban J connectivity index is 1.92. The van der Waals surface area contributed by atoms with Crippen molar-refractivity contribution < 1.29 is 23.8 Å². The van der Waals surface area contributed by atoms with E-state index in [0.717, 1.165) is 25.7 Å². The summed E-state index contributed by atoms with van der Waals surface area (Å²) < 4.78 is 18.7. The largest absolute Gasteiger partial charge is 0.466 e.